The van der Waals surface area contributed by atoms with Crippen LogP contribution in [0.1, 0.15) is 13.8 Å². The summed E-state index contributed by atoms with van der Waals surface area (Å²) in [6.07, 6.45) is 0. The van der Waals surface area contributed by atoms with Gasteiger partial charge in [0.25, 0.3) is 0 Å². The summed E-state index contributed by atoms with van der Waals surface area (Å²) in [5.74, 6) is 0.0391. The molecule has 0 aliphatic carbocycles. The van der Waals surface area contributed by atoms with Crippen LogP contribution in [0.4, 0.5) is 0 Å². The molecular formula is C12H18BrNO3S. The lowest BCUT2D eigenvalue weighted by molar-refractivity contribution is 0.167. The van der Waals surface area contributed by atoms with E-state index in [1.54, 1.807) is 24.3 Å². The molecule has 0 unspecified atom stereocenters. The zero-order chi connectivity index (χ0) is 13.9. The molecule has 0 bridgehead atoms. The van der Waals surface area contributed by atoms with Crippen LogP contribution in [0.25, 0.3) is 0 Å². The number of aliphatic hydroxyl groups is 1. The molecule has 1 aromatic rings. The molecule has 0 amide bonds. The molecule has 0 aliphatic heterocycles. The third-order valence-corrected chi connectivity index (χ3v) is 5.81. The minimum atomic E-state index is -3.60. The summed E-state index contributed by atoms with van der Waals surface area (Å²) in [6.45, 7) is 3.57. The monoisotopic (exact) mass is 335 g/mol. The van der Waals surface area contributed by atoms with Gasteiger partial charge >= 0.3 is 0 Å². The molecule has 102 valence electrons. The highest BCUT2D eigenvalue weighted by Crippen LogP contribution is 2.26. The first kappa shape index (κ1) is 15.6. The van der Waals surface area contributed by atoms with Gasteiger partial charge in [0.1, 0.15) is 0 Å². The minimum Gasteiger partial charge on any atom is -0.395 e. The van der Waals surface area contributed by atoms with Gasteiger partial charge in [-0.25, -0.2) is 8.42 Å². The second-order valence-electron chi connectivity index (χ2n) is 4.45. The van der Waals surface area contributed by atoms with Crippen LogP contribution in [0.2, 0.25) is 0 Å². The van der Waals surface area contributed by atoms with Gasteiger partial charge in [0, 0.05) is 11.5 Å². The van der Waals surface area contributed by atoms with E-state index in [1.165, 1.54) is 11.4 Å². The molecule has 1 aromatic carbocycles. The molecule has 0 heterocycles. The van der Waals surface area contributed by atoms with E-state index >= 15 is 0 Å². The van der Waals surface area contributed by atoms with Crippen LogP contribution in [0.3, 0.4) is 0 Å². The summed E-state index contributed by atoms with van der Waals surface area (Å²) >= 11 is 3.24. The summed E-state index contributed by atoms with van der Waals surface area (Å²) in [6, 6.07) is 6.24. The van der Waals surface area contributed by atoms with Gasteiger partial charge < -0.3 is 5.11 Å². The fraction of sp³-hybridized carbons (Fsp3) is 0.500. The van der Waals surface area contributed by atoms with Crippen LogP contribution in [0.15, 0.2) is 33.6 Å². The Morgan fingerprint density at radius 3 is 2.33 bits per heavy atom. The van der Waals surface area contributed by atoms with Crippen molar-refractivity contribution in [2.75, 3.05) is 13.7 Å². The topological polar surface area (TPSA) is 57.6 Å². The number of sulfonamides is 1. The molecular weight excluding hydrogens is 318 g/mol. The predicted octanol–water partition coefficient (Wildman–Crippen LogP) is 2.09. The number of likely N-dealkylation sites (N-methyl/N-ethyl adjacent to an activating group) is 1. The van der Waals surface area contributed by atoms with Crippen molar-refractivity contribution in [3.05, 3.63) is 28.7 Å². The molecule has 1 rings (SSSR count). The summed E-state index contributed by atoms with van der Waals surface area (Å²) in [4.78, 5) is 0.214. The van der Waals surface area contributed by atoms with Crippen LogP contribution in [-0.4, -0.2) is 37.5 Å². The first-order chi connectivity index (χ1) is 8.32. The highest BCUT2D eigenvalue weighted by molar-refractivity contribution is 9.10. The van der Waals surface area contributed by atoms with E-state index < -0.39 is 16.1 Å². The van der Waals surface area contributed by atoms with Crippen molar-refractivity contribution in [3.8, 4) is 0 Å². The van der Waals surface area contributed by atoms with Crippen molar-refractivity contribution in [2.45, 2.75) is 24.8 Å². The fourth-order valence-electron chi connectivity index (χ4n) is 1.73. The van der Waals surface area contributed by atoms with Gasteiger partial charge in [-0.2, -0.15) is 4.31 Å². The quantitative estimate of drug-likeness (QED) is 0.896. The van der Waals surface area contributed by atoms with Crippen molar-refractivity contribution in [1.82, 2.24) is 4.31 Å². The van der Waals surface area contributed by atoms with Gasteiger partial charge in [0.15, 0.2) is 0 Å². The molecule has 0 spiro atoms. The molecule has 1 atom stereocenters. The Balaban J connectivity index is 3.19. The summed E-state index contributed by atoms with van der Waals surface area (Å²) < 4.78 is 26.6. The molecule has 1 N–H and O–H groups in total. The average Bonchev–Trinajstić information content (AvgIpc) is 2.29. The Labute approximate surface area is 117 Å². The largest absolute Gasteiger partial charge is 0.395 e. The van der Waals surface area contributed by atoms with Crippen LogP contribution in [0.5, 0.6) is 0 Å². The molecule has 0 radical (unpaired) electrons. The van der Waals surface area contributed by atoms with E-state index in [4.69, 9.17) is 0 Å². The molecule has 0 aliphatic rings. The van der Waals surface area contributed by atoms with Crippen LogP contribution in [0, 0.1) is 5.92 Å². The van der Waals surface area contributed by atoms with Gasteiger partial charge in [-0.15, -0.1) is 0 Å². The Bertz CT molecular complexity index is 502. The second kappa shape index (κ2) is 6.14. The van der Waals surface area contributed by atoms with Crippen LogP contribution in [-0.2, 0) is 10.0 Å². The fourth-order valence-corrected chi connectivity index (χ4v) is 4.17. The second-order valence-corrected chi connectivity index (χ2v) is 7.27. The van der Waals surface area contributed by atoms with Gasteiger partial charge in [-0.1, -0.05) is 26.0 Å². The zero-order valence-corrected chi connectivity index (χ0v) is 13.1. The highest BCUT2D eigenvalue weighted by Gasteiger charge is 2.30. The highest BCUT2D eigenvalue weighted by atomic mass is 79.9. The summed E-state index contributed by atoms with van der Waals surface area (Å²) in [5.41, 5.74) is 0. The number of aliphatic hydroxyl groups excluding tert-OH is 1. The molecule has 0 saturated carbocycles. The van der Waals surface area contributed by atoms with Crippen molar-refractivity contribution < 1.29 is 13.5 Å². The molecule has 0 saturated heterocycles. The van der Waals surface area contributed by atoms with Crippen LogP contribution >= 0.6 is 15.9 Å². The molecule has 18 heavy (non-hydrogen) atoms. The van der Waals surface area contributed by atoms with Gasteiger partial charge in [-0.3, -0.25) is 0 Å². The van der Waals surface area contributed by atoms with E-state index in [0.29, 0.717) is 4.47 Å². The number of rotatable bonds is 5. The van der Waals surface area contributed by atoms with E-state index in [9.17, 15) is 13.5 Å². The molecule has 6 heteroatoms. The lowest BCUT2D eigenvalue weighted by Crippen LogP contribution is -2.42. The number of hydrogen-bond donors (Lipinski definition) is 1. The SMILES string of the molecule is CC(C)[C@@H](CO)N(C)S(=O)(=O)c1ccccc1Br. The lowest BCUT2D eigenvalue weighted by Gasteiger charge is -2.29. The maximum absolute atomic E-state index is 12.4. The van der Waals surface area contributed by atoms with E-state index in [2.05, 4.69) is 15.9 Å². The number of hydrogen-bond acceptors (Lipinski definition) is 3. The Morgan fingerprint density at radius 2 is 1.89 bits per heavy atom. The summed E-state index contributed by atoms with van der Waals surface area (Å²) in [7, 11) is -2.10. The van der Waals surface area contributed by atoms with E-state index in [-0.39, 0.29) is 17.4 Å². The first-order valence-corrected chi connectivity index (χ1v) is 7.89. The zero-order valence-electron chi connectivity index (χ0n) is 10.7. The molecule has 0 aromatic heterocycles. The van der Waals surface area contributed by atoms with Crippen molar-refractivity contribution >= 4 is 26.0 Å². The smallest absolute Gasteiger partial charge is 0.244 e. The number of benzene rings is 1. The van der Waals surface area contributed by atoms with Crippen molar-refractivity contribution in [3.63, 3.8) is 0 Å². The van der Waals surface area contributed by atoms with E-state index in [0.717, 1.165) is 0 Å². The third-order valence-electron chi connectivity index (χ3n) is 2.92. The summed E-state index contributed by atoms with van der Waals surface area (Å²) in [5, 5.41) is 9.33. The van der Waals surface area contributed by atoms with Gasteiger partial charge in [0.05, 0.1) is 17.5 Å². The van der Waals surface area contributed by atoms with Crippen molar-refractivity contribution in [2.24, 2.45) is 5.92 Å². The maximum atomic E-state index is 12.4. The predicted molar refractivity (Wildman–Crippen MR) is 74.8 cm³/mol. The average molecular weight is 336 g/mol. The van der Waals surface area contributed by atoms with Crippen LogP contribution < -0.4 is 0 Å². The maximum Gasteiger partial charge on any atom is 0.244 e. The normalized spacial score (nSPS) is 14.2. The lowest BCUT2D eigenvalue weighted by atomic mass is 10.1. The third kappa shape index (κ3) is 3.12. The molecule has 0 fully saturated rings. The standard InChI is InChI=1S/C12H18BrNO3S/c1-9(2)11(8-15)14(3)18(16,17)12-7-5-4-6-10(12)13/h4-7,9,11,15H,8H2,1-3H3/t11-/m1/s1. The Kier molecular flexibility index (Phi) is 5.33. The first-order valence-electron chi connectivity index (χ1n) is 5.65. The Morgan fingerprint density at radius 1 is 1.33 bits per heavy atom. The minimum absolute atomic E-state index is 0.0391. The van der Waals surface area contributed by atoms with Gasteiger partial charge in [-0.05, 0) is 34.0 Å². The van der Waals surface area contributed by atoms with E-state index in [1.807, 2.05) is 13.8 Å². The molecule has 4 nitrogen and oxygen atoms in total. The Hall–Kier alpha value is -0.430. The number of nitrogens with zero attached hydrogens (tertiary/aromatic N) is 1. The van der Waals surface area contributed by atoms with Gasteiger partial charge in [0.2, 0.25) is 10.0 Å². The van der Waals surface area contributed by atoms with Crippen molar-refractivity contribution in [1.29, 1.82) is 0 Å². The number of halogens is 1.